The van der Waals surface area contributed by atoms with E-state index in [1.54, 1.807) is 36.4 Å². The number of halogens is 1. The molecule has 0 N–H and O–H groups in total. The summed E-state index contributed by atoms with van der Waals surface area (Å²) in [6.45, 7) is 7.65. The summed E-state index contributed by atoms with van der Waals surface area (Å²) in [5.41, 5.74) is 0. The van der Waals surface area contributed by atoms with Gasteiger partial charge >= 0.3 is 0 Å². The van der Waals surface area contributed by atoms with Gasteiger partial charge in [0.1, 0.15) is 0 Å². The molecule has 0 saturated heterocycles. The normalized spacial score (nSPS) is 11.4. The fourth-order valence-corrected chi connectivity index (χ4v) is 3.31. The van der Waals surface area contributed by atoms with Crippen molar-refractivity contribution < 1.29 is 8.42 Å². The van der Waals surface area contributed by atoms with Crippen molar-refractivity contribution in [3.8, 4) is 0 Å². The molecule has 0 unspecified atom stereocenters. The molecule has 1 rings (SSSR count). The average molecular weight is 316 g/mol. The maximum atomic E-state index is 12.3. The predicted octanol–water partition coefficient (Wildman–Crippen LogP) is 2.81. The third-order valence-electron chi connectivity index (χ3n) is 2.10. The van der Waals surface area contributed by atoms with Crippen LogP contribution in [0.1, 0.15) is 0 Å². The maximum Gasteiger partial charge on any atom is 0.243 e. The number of hydrogen-bond donors (Lipinski definition) is 0. The zero-order chi connectivity index (χ0) is 12.9. The van der Waals surface area contributed by atoms with Crippen LogP contribution < -0.4 is 0 Å². The van der Waals surface area contributed by atoms with Crippen molar-refractivity contribution in [2.24, 2.45) is 0 Å². The molecule has 92 valence electrons. The quantitative estimate of drug-likeness (QED) is 0.757. The van der Waals surface area contributed by atoms with E-state index < -0.39 is 10.0 Å². The largest absolute Gasteiger partial charge is 0.243 e. The minimum atomic E-state index is -3.49. The molecule has 0 aliphatic rings. The number of nitrogens with zero attached hydrogens (tertiary/aromatic N) is 1. The Kier molecular flexibility index (Phi) is 5.11. The number of benzene rings is 1. The lowest BCUT2D eigenvalue weighted by Gasteiger charge is -2.19. The van der Waals surface area contributed by atoms with E-state index >= 15 is 0 Å². The molecule has 0 amide bonds. The van der Waals surface area contributed by atoms with Gasteiger partial charge in [0.2, 0.25) is 10.0 Å². The Morgan fingerprint density at radius 2 is 1.82 bits per heavy atom. The molecule has 5 heteroatoms. The highest BCUT2D eigenvalue weighted by Gasteiger charge is 2.22. The van der Waals surface area contributed by atoms with Crippen molar-refractivity contribution in [3.05, 3.63) is 54.0 Å². The molecule has 0 heterocycles. The van der Waals surface area contributed by atoms with Gasteiger partial charge in [-0.3, -0.25) is 0 Å². The zero-order valence-corrected chi connectivity index (χ0v) is 11.7. The fraction of sp³-hybridized carbons (Fsp3) is 0.167. The second-order valence-corrected chi connectivity index (χ2v) is 6.21. The first-order chi connectivity index (χ1) is 8.02. The van der Waals surface area contributed by atoms with E-state index in [0.29, 0.717) is 0 Å². The Labute approximate surface area is 111 Å². The first kappa shape index (κ1) is 14.2. The van der Waals surface area contributed by atoms with Crippen LogP contribution in [0.2, 0.25) is 0 Å². The third kappa shape index (κ3) is 3.52. The first-order valence-electron chi connectivity index (χ1n) is 5.00. The van der Waals surface area contributed by atoms with E-state index in [1.165, 1.54) is 4.31 Å². The summed E-state index contributed by atoms with van der Waals surface area (Å²) < 4.78 is 26.6. The van der Waals surface area contributed by atoms with Gasteiger partial charge in [0.05, 0.1) is 4.90 Å². The monoisotopic (exact) mass is 315 g/mol. The second-order valence-electron chi connectivity index (χ2n) is 3.36. The maximum absolute atomic E-state index is 12.3. The van der Waals surface area contributed by atoms with Crippen molar-refractivity contribution in [2.75, 3.05) is 13.1 Å². The summed E-state index contributed by atoms with van der Waals surface area (Å²) in [5.74, 6) is 0. The molecule has 0 aliphatic heterocycles. The lowest BCUT2D eigenvalue weighted by Crippen LogP contribution is -2.31. The van der Waals surface area contributed by atoms with Crippen LogP contribution in [-0.4, -0.2) is 25.8 Å². The molecule has 0 radical (unpaired) electrons. The summed E-state index contributed by atoms with van der Waals surface area (Å²) in [5, 5.41) is 0. The Balaban J connectivity index is 3.15. The number of sulfonamides is 1. The van der Waals surface area contributed by atoms with Crippen LogP contribution in [0, 0.1) is 0 Å². The molecule has 0 spiro atoms. The van der Waals surface area contributed by atoms with Crippen LogP contribution in [-0.2, 0) is 10.0 Å². The Morgan fingerprint density at radius 3 is 2.29 bits per heavy atom. The van der Waals surface area contributed by atoms with Crippen molar-refractivity contribution >= 4 is 26.0 Å². The van der Waals surface area contributed by atoms with Gasteiger partial charge in [-0.15, -0.1) is 13.2 Å². The van der Waals surface area contributed by atoms with Crippen LogP contribution in [0.4, 0.5) is 0 Å². The van der Waals surface area contributed by atoms with Gasteiger partial charge in [-0.2, -0.15) is 4.31 Å². The van der Waals surface area contributed by atoms with E-state index in [0.717, 1.165) is 4.47 Å². The standard InChI is InChI=1S/C12H14BrNO2S/c1-3-8-14(9-4-2)17(15,16)12-7-5-6-11(13)10-12/h3-7,10H,1-2,8-9H2. The highest BCUT2D eigenvalue weighted by Crippen LogP contribution is 2.19. The average Bonchev–Trinajstić information content (AvgIpc) is 2.29. The van der Waals surface area contributed by atoms with Crippen molar-refractivity contribution in [3.63, 3.8) is 0 Å². The lowest BCUT2D eigenvalue weighted by atomic mass is 10.4. The zero-order valence-electron chi connectivity index (χ0n) is 9.34. The van der Waals surface area contributed by atoms with Crippen LogP contribution in [0.3, 0.4) is 0 Å². The van der Waals surface area contributed by atoms with Gasteiger partial charge in [-0.25, -0.2) is 8.42 Å². The van der Waals surface area contributed by atoms with Gasteiger partial charge in [-0.05, 0) is 18.2 Å². The van der Waals surface area contributed by atoms with Crippen LogP contribution in [0.25, 0.3) is 0 Å². The molecule has 0 saturated carbocycles. The summed E-state index contributed by atoms with van der Waals surface area (Å²) in [6, 6.07) is 6.62. The van der Waals surface area contributed by atoms with Crippen molar-refractivity contribution in [1.82, 2.24) is 4.31 Å². The van der Waals surface area contributed by atoms with Crippen LogP contribution in [0.15, 0.2) is 58.9 Å². The van der Waals surface area contributed by atoms with Gasteiger partial charge in [0.15, 0.2) is 0 Å². The minimum Gasteiger partial charge on any atom is -0.207 e. The van der Waals surface area contributed by atoms with E-state index in [-0.39, 0.29) is 18.0 Å². The molecule has 0 aliphatic carbocycles. The van der Waals surface area contributed by atoms with E-state index in [9.17, 15) is 8.42 Å². The Morgan fingerprint density at radius 1 is 1.24 bits per heavy atom. The lowest BCUT2D eigenvalue weighted by molar-refractivity contribution is 0.474. The third-order valence-corrected chi connectivity index (χ3v) is 4.42. The smallest absolute Gasteiger partial charge is 0.207 e. The van der Waals surface area contributed by atoms with E-state index in [1.807, 2.05) is 0 Å². The second kappa shape index (κ2) is 6.14. The summed E-state index contributed by atoms with van der Waals surface area (Å²) in [7, 11) is -3.49. The molecule has 0 bridgehead atoms. The summed E-state index contributed by atoms with van der Waals surface area (Å²) in [6.07, 6.45) is 3.11. The van der Waals surface area contributed by atoms with Gasteiger partial charge in [0, 0.05) is 17.6 Å². The molecular weight excluding hydrogens is 302 g/mol. The molecular formula is C12H14BrNO2S. The van der Waals surface area contributed by atoms with E-state index in [4.69, 9.17) is 0 Å². The molecule has 0 fully saturated rings. The highest BCUT2D eigenvalue weighted by molar-refractivity contribution is 9.10. The predicted molar refractivity (Wildman–Crippen MR) is 73.3 cm³/mol. The van der Waals surface area contributed by atoms with E-state index in [2.05, 4.69) is 29.1 Å². The Hall–Kier alpha value is -0.910. The molecule has 0 aromatic heterocycles. The molecule has 1 aromatic carbocycles. The van der Waals surface area contributed by atoms with Crippen LogP contribution in [0.5, 0.6) is 0 Å². The molecule has 0 atom stereocenters. The summed E-state index contributed by atoms with van der Waals surface area (Å²) >= 11 is 3.26. The van der Waals surface area contributed by atoms with Crippen molar-refractivity contribution in [1.29, 1.82) is 0 Å². The van der Waals surface area contributed by atoms with Crippen molar-refractivity contribution in [2.45, 2.75) is 4.90 Å². The minimum absolute atomic E-state index is 0.260. The fourth-order valence-electron chi connectivity index (χ4n) is 1.34. The van der Waals surface area contributed by atoms with Gasteiger partial charge < -0.3 is 0 Å². The number of hydrogen-bond acceptors (Lipinski definition) is 2. The van der Waals surface area contributed by atoms with Crippen LogP contribution >= 0.6 is 15.9 Å². The van der Waals surface area contributed by atoms with Gasteiger partial charge in [0.25, 0.3) is 0 Å². The molecule has 3 nitrogen and oxygen atoms in total. The number of rotatable bonds is 6. The highest BCUT2D eigenvalue weighted by atomic mass is 79.9. The molecule has 1 aromatic rings. The van der Waals surface area contributed by atoms with Gasteiger partial charge in [-0.1, -0.05) is 34.1 Å². The topological polar surface area (TPSA) is 37.4 Å². The molecule has 17 heavy (non-hydrogen) atoms. The first-order valence-corrected chi connectivity index (χ1v) is 7.23. The Bertz CT molecular complexity index is 501. The SMILES string of the molecule is C=CCN(CC=C)S(=O)(=O)c1cccc(Br)c1. The summed E-state index contributed by atoms with van der Waals surface area (Å²) in [4.78, 5) is 0.260.